The lowest BCUT2D eigenvalue weighted by Gasteiger charge is -2.35. The van der Waals surface area contributed by atoms with Crippen molar-refractivity contribution in [3.8, 4) is 0 Å². The van der Waals surface area contributed by atoms with E-state index in [0.717, 1.165) is 12.0 Å². The maximum atomic E-state index is 13.8. The summed E-state index contributed by atoms with van der Waals surface area (Å²) in [7, 11) is -3.26. The van der Waals surface area contributed by atoms with Crippen LogP contribution in [0.1, 0.15) is 61.3 Å². The highest BCUT2D eigenvalue weighted by molar-refractivity contribution is 14.1. The van der Waals surface area contributed by atoms with E-state index in [2.05, 4.69) is 66.9 Å². The van der Waals surface area contributed by atoms with Gasteiger partial charge in [0.15, 0.2) is 0 Å². The topological polar surface area (TPSA) is 46.6 Å². The third-order valence-corrected chi connectivity index (χ3v) is 15.5. The van der Waals surface area contributed by atoms with Gasteiger partial charge in [-0.2, -0.15) is 0 Å². The fourth-order valence-corrected chi connectivity index (χ4v) is 9.58. The van der Waals surface area contributed by atoms with Crippen LogP contribution in [0.15, 0.2) is 39.1 Å². The highest BCUT2D eigenvalue weighted by atomic mass is 127. The molecule has 32 heavy (non-hydrogen) atoms. The number of esters is 1. The molecule has 0 N–H and O–H groups in total. The second-order valence-corrected chi connectivity index (χ2v) is 19.9. The van der Waals surface area contributed by atoms with E-state index in [1.165, 1.54) is 8.39 Å². The zero-order valence-corrected chi connectivity index (χ0v) is 25.1. The minimum Gasteiger partial charge on any atom is -0.459 e. The van der Waals surface area contributed by atoms with E-state index in [1.807, 2.05) is 51.9 Å². The normalized spacial score (nSPS) is 23.2. The number of halogens is 1. The first-order chi connectivity index (χ1) is 14.6. The van der Waals surface area contributed by atoms with Gasteiger partial charge in [0.05, 0.1) is 4.75 Å². The van der Waals surface area contributed by atoms with Crippen molar-refractivity contribution < 1.29 is 13.7 Å². The molecule has 180 valence electrons. The van der Waals surface area contributed by atoms with Gasteiger partial charge in [-0.3, -0.25) is 4.79 Å². The third kappa shape index (κ3) is 5.94. The van der Waals surface area contributed by atoms with Crippen molar-refractivity contribution in [1.82, 2.24) is 4.31 Å². The lowest BCUT2D eigenvalue weighted by atomic mass is 9.79. The van der Waals surface area contributed by atoms with Crippen LogP contribution in [0.3, 0.4) is 0 Å². The van der Waals surface area contributed by atoms with Crippen LogP contribution in [0.5, 0.6) is 0 Å². The summed E-state index contributed by atoms with van der Waals surface area (Å²) in [5, 5.41) is 1.34. The average Bonchev–Trinajstić information content (AvgIpc) is 3.06. The molecular formula is C25H40INO3SSi. The first kappa shape index (κ1) is 27.7. The molecule has 1 aromatic rings. The molecule has 1 aliphatic heterocycles. The molecule has 2 rings (SSSR count). The van der Waals surface area contributed by atoms with Gasteiger partial charge in [0.1, 0.15) is 30.1 Å². The molecule has 0 bridgehead atoms. The zero-order chi connectivity index (χ0) is 24.5. The van der Waals surface area contributed by atoms with E-state index in [4.69, 9.17) is 4.74 Å². The molecule has 0 spiro atoms. The Kier molecular flexibility index (Phi) is 8.66. The molecule has 2 atom stereocenters. The Hall–Kier alpha value is -0.513. The quantitative estimate of drug-likeness (QED) is 0.242. The highest BCUT2D eigenvalue weighted by Crippen LogP contribution is 2.47. The van der Waals surface area contributed by atoms with Gasteiger partial charge >= 0.3 is 5.97 Å². The van der Waals surface area contributed by atoms with E-state index < -0.39 is 30.1 Å². The predicted molar refractivity (Wildman–Crippen MR) is 147 cm³/mol. The highest BCUT2D eigenvalue weighted by Gasteiger charge is 2.54. The Labute approximate surface area is 212 Å². The lowest BCUT2D eigenvalue weighted by Crippen LogP contribution is -2.46. The van der Waals surface area contributed by atoms with Crippen LogP contribution in [-0.4, -0.2) is 46.0 Å². The number of carbonyl (C=O) groups excluding carboxylic acids is 1. The molecule has 1 saturated heterocycles. The minimum atomic E-state index is -2.05. The monoisotopic (exact) mass is 589 g/mol. The molecule has 1 fully saturated rings. The van der Waals surface area contributed by atoms with Gasteiger partial charge < -0.3 is 4.74 Å². The second kappa shape index (κ2) is 10.00. The van der Waals surface area contributed by atoms with Crippen LogP contribution >= 0.6 is 22.6 Å². The summed E-state index contributed by atoms with van der Waals surface area (Å²) in [4.78, 5) is 13.8. The molecule has 0 amide bonds. The van der Waals surface area contributed by atoms with Crippen molar-refractivity contribution in [2.45, 2.75) is 84.7 Å². The van der Waals surface area contributed by atoms with Crippen molar-refractivity contribution in [2.24, 2.45) is 5.41 Å². The maximum Gasteiger partial charge on any atom is 0.318 e. The van der Waals surface area contributed by atoms with Gasteiger partial charge in [-0.15, -0.1) is 0 Å². The Balaban J connectivity index is 2.71. The van der Waals surface area contributed by atoms with Crippen LogP contribution in [0.25, 0.3) is 0 Å². The fraction of sp³-hybridized carbons (Fsp3) is 0.640. The molecule has 0 saturated carbocycles. The summed E-state index contributed by atoms with van der Waals surface area (Å²) in [5.74, 6) is -0.178. The van der Waals surface area contributed by atoms with Gasteiger partial charge in [-0.25, -0.2) is 8.51 Å². The third-order valence-electron chi connectivity index (χ3n) is 5.89. The molecular weight excluding hydrogens is 549 g/mol. The van der Waals surface area contributed by atoms with Crippen LogP contribution in [0, 0.1) is 5.41 Å². The van der Waals surface area contributed by atoms with E-state index in [0.29, 0.717) is 19.5 Å². The number of carbonyl (C=O) groups is 1. The van der Waals surface area contributed by atoms with Crippen molar-refractivity contribution in [3.63, 3.8) is 0 Å². The Morgan fingerprint density at radius 1 is 1.16 bits per heavy atom. The summed E-state index contributed by atoms with van der Waals surface area (Å²) in [6.45, 7) is 19.5. The molecule has 1 heterocycles. The largest absolute Gasteiger partial charge is 0.459 e. The molecule has 7 heteroatoms. The minimum absolute atomic E-state index is 0.178. The van der Waals surface area contributed by atoms with E-state index in [-0.39, 0.29) is 10.7 Å². The first-order valence-corrected chi connectivity index (χ1v) is 16.6. The van der Waals surface area contributed by atoms with Gasteiger partial charge in [0, 0.05) is 13.1 Å². The van der Waals surface area contributed by atoms with Crippen LogP contribution in [0.4, 0.5) is 0 Å². The standard InChI is InChI=1S/C25H40INO3SSi/c1-10-16-25(22(28)30-23(2,3)4)18-27(31(29)24(5,6)7)17-20(25)21(26)32(8,9)19-14-12-11-13-15-19/h11-15H,10,16-18H2,1-9H3/b21-20+/t25-,31+/m0/s1. The number of rotatable bonds is 6. The number of ether oxygens (including phenoxy) is 1. The van der Waals surface area contributed by atoms with Crippen LogP contribution < -0.4 is 5.19 Å². The zero-order valence-electron chi connectivity index (χ0n) is 21.2. The van der Waals surface area contributed by atoms with E-state index >= 15 is 0 Å². The SMILES string of the molecule is CCC[C@]1(C(=O)OC(C)(C)C)CN([S@](=O)C(C)(C)C)C/C1=C(/I)[Si](C)(C)c1ccccc1. The molecule has 0 aliphatic carbocycles. The van der Waals surface area contributed by atoms with Crippen LogP contribution in [-0.2, 0) is 20.5 Å². The van der Waals surface area contributed by atoms with E-state index in [1.54, 1.807) is 0 Å². The van der Waals surface area contributed by atoms with Crippen molar-refractivity contribution in [3.05, 3.63) is 39.1 Å². The van der Waals surface area contributed by atoms with Gasteiger partial charge in [-0.1, -0.05) is 84.5 Å². The summed E-state index contributed by atoms with van der Waals surface area (Å²) < 4.78 is 22.3. The maximum absolute atomic E-state index is 13.8. The number of hydrogen-bond donors (Lipinski definition) is 0. The molecule has 0 aromatic heterocycles. The molecule has 1 aromatic carbocycles. The fourth-order valence-electron chi connectivity index (χ4n) is 4.25. The number of nitrogens with zero attached hydrogens (tertiary/aromatic N) is 1. The molecule has 1 aliphatic rings. The Morgan fingerprint density at radius 3 is 2.19 bits per heavy atom. The molecule has 0 radical (unpaired) electrons. The number of benzene rings is 1. The van der Waals surface area contributed by atoms with Crippen molar-refractivity contribution >= 4 is 52.8 Å². The van der Waals surface area contributed by atoms with Crippen LogP contribution in [0.2, 0.25) is 13.1 Å². The van der Waals surface area contributed by atoms with Crippen molar-refractivity contribution in [2.75, 3.05) is 13.1 Å². The summed E-state index contributed by atoms with van der Waals surface area (Å²) in [5.41, 5.74) is -0.220. The summed E-state index contributed by atoms with van der Waals surface area (Å²) in [6, 6.07) is 10.6. The number of hydrogen-bond acceptors (Lipinski definition) is 3. The Morgan fingerprint density at radius 2 is 1.72 bits per heavy atom. The Bertz CT molecular complexity index is 887. The second-order valence-electron chi connectivity index (χ2n) is 11.3. The average molecular weight is 590 g/mol. The predicted octanol–water partition coefficient (Wildman–Crippen LogP) is 5.74. The molecule has 4 nitrogen and oxygen atoms in total. The lowest BCUT2D eigenvalue weighted by molar-refractivity contribution is -0.165. The summed E-state index contributed by atoms with van der Waals surface area (Å²) >= 11 is 2.49. The van der Waals surface area contributed by atoms with Gasteiger partial charge in [-0.05, 0) is 56.7 Å². The van der Waals surface area contributed by atoms with E-state index in [9.17, 15) is 9.00 Å². The van der Waals surface area contributed by atoms with Gasteiger partial charge in [0.25, 0.3) is 0 Å². The van der Waals surface area contributed by atoms with Gasteiger partial charge in [0.2, 0.25) is 0 Å². The first-order valence-electron chi connectivity index (χ1n) is 11.4. The molecule has 0 unspecified atom stereocenters. The smallest absolute Gasteiger partial charge is 0.318 e. The summed E-state index contributed by atoms with van der Waals surface area (Å²) in [6.07, 6.45) is 1.55. The van der Waals surface area contributed by atoms with Crippen molar-refractivity contribution in [1.29, 1.82) is 0 Å².